The molecule has 0 aliphatic carbocycles. The van der Waals surface area contributed by atoms with E-state index >= 15 is 0 Å². The molecule has 3 atom stereocenters. The van der Waals surface area contributed by atoms with Crippen LogP contribution in [0.25, 0.3) is 0 Å². The van der Waals surface area contributed by atoms with Crippen LogP contribution in [-0.4, -0.2) is 30.9 Å². The summed E-state index contributed by atoms with van der Waals surface area (Å²) in [4.78, 5) is 24.6. The number of nitrogens with one attached hydrogen (secondary N) is 2. The maximum absolute atomic E-state index is 12.4. The predicted octanol–water partition coefficient (Wildman–Crippen LogP) is 1.54. The second kappa shape index (κ2) is 9.20. The normalized spacial score (nSPS) is 14.7. The van der Waals surface area contributed by atoms with Gasteiger partial charge in [-0.3, -0.25) is 9.59 Å². The second-order valence-corrected chi connectivity index (χ2v) is 5.79. The quantitative estimate of drug-likeness (QED) is 0.681. The van der Waals surface area contributed by atoms with Crippen molar-refractivity contribution in [1.29, 1.82) is 0 Å². The summed E-state index contributed by atoms with van der Waals surface area (Å²) in [5.41, 5.74) is 6.11. The number of rotatable bonds is 8. The largest absolute Gasteiger partial charge is 0.354 e. The van der Waals surface area contributed by atoms with Gasteiger partial charge in [0, 0.05) is 12.1 Å². The maximum Gasteiger partial charge on any atom is 0.251 e. The Hall–Kier alpha value is -1.88. The van der Waals surface area contributed by atoms with E-state index in [0.29, 0.717) is 18.7 Å². The van der Waals surface area contributed by atoms with Gasteiger partial charge in [0.2, 0.25) is 5.91 Å². The van der Waals surface area contributed by atoms with Crippen molar-refractivity contribution in [2.45, 2.75) is 33.2 Å². The van der Waals surface area contributed by atoms with Gasteiger partial charge >= 0.3 is 0 Å². The Morgan fingerprint density at radius 1 is 1.18 bits per heavy atom. The van der Waals surface area contributed by atoms with E-state index in [2.05, 4.69) is 10.6 Å². The molecule has 0 spiro atoms. The minimum atomic E-state index is -0.539. The molecule has 0 fully saturated rings. The number of hydrogen-bond acceptors (Lipinski definition) is 3. The van der Waals surface area contributed by atoms with Crippen LogP contribution in [0.4, 0.5) is 0 Å². The number of hydrogen-bond donors (Lipinski definition) is 3. The van der Waals surface area contributed by atoms with Crippen molar-refractivity contribution >= 4 is 11.8 Å². The van der Waals surface area contributed by atoms with E-state index in [0.717, 1.165) is 6.42 Å². The number of carbonyl (C=O) groups is 2. The molecule has 3 unspecified atom stereocenters. The zero-order valence-electron chi connectivity index (χ0n) is 13.6. The van der Waals surface area contributed by atoms with Crippen molar-refractivity contribution in [2.75, 3.05) is 13.1 Å². The van der Waals surface area contributed by atoms with Gasteiger partial charge in [0.15, 0.2) is 0 Å². The fourth-order valence-corrected chi connectivity index (χ4v) is 1.98. The lowest BCUT2D eigenvalue weighted by Crippen LogP contribution is -2.51. The first-order valence-corrected chi connectivity index (χ1v) is 7.83. The lowest BCUT2D eigenvalue weighted by molar-refractivity contribution is -0.124. The molecule has 0 heterocycles. The molecular weight excluding hydrogens is 278 g/mol. The molecular formula is C17H27N3O2. The Kier molecular flexibility index (Phi) is 7.60. The van der Waals surface area contributed by atoms with Crippen LogP contribution < -0.4 is 16.4 Å². The third-order valence-electron chi connectivity index (χ3n) is 3.85. The van der Waals surface area contributed by atoms with Crippen molar-refractivity contribution in [2.24, 2.45) is 17.6 Å². The van der Waals surface area contributed by atoms with Crippen molar-refractivity contribution in [3.05, 3.63) is 35.9 Å². The molecule has 22 heavy (non-hydrogen) atoms. The SMILES string of the molecule is CCC(C)C(NC(=O)c1ccccc1)C(=O)NCC(C)CN. The van der Waals surface area contributed by atoms with E-state index in [1.54, 1.807) is 24.3 Å². The Labute approximate surface area is 132 Å². The zero-order chi connectivity index (χ0) is 16.5. The predicted molar refractivity (Wildman–Crippen MR) is 88.4 cm³/mol. The molecule has 122 valence electrons. The molecule has 2 amide bonds. The number of amides is 2. The zero-order valence-corrected chi connectivity index (χ0v) is 13.6. The highest BCUT2D eigenvalue weighted by Crippen LogP contribution is 2.10. The van der Waals surface area contributed by atoms with E-state index in [1.165, 1.54) is 0 Å². The molecule has 1 aromatic rings. The summed E-state index contributed by atoms with van der Waals surface area (Å²) in [6.07, 6.45) is 0.805. The van der Waals surface area contributed by atoms with E-state index in [-0.39, 0.29) is 23.7 Å². The van der Waals surface area contributed by atoms with Gasteiger partial charge in [-0.2, -0.15) is 0 Å². The Balaban J connectivity index is 2.72. The maximum atomic E-state index is 12.4. The Morgan fingerprint density at radius 3 is 2.36 bits per heavy atom. The first-order valence-electron chi connectivity index (χ1n) is 7.83. The second-order valence-electron chi connectivity index (χ2n) is 5.79. The summed E-state index contributed by atoms with van der Waals surface area (Å²) >= 11 is 0. The highest BCUT2D eigenvalue weighted by molar-refractivity contribution is 5.97. The summed E-state index contributed by atoms with van der Waals surface area (Å²) in [6.45, 7) is 6.97. The summed E-state index contributed by atoms with van der Waals surface area (Å²) < 4.78 is 0. The van der Waals surface area contributed by atoms with Crippen LogP contribution in [0.15, 0.2) is 30.3 Å². The van der Waals surface area contributed by atoms with Crippen LogP contribution in [-0.2, 0) is 4.79 Å². The van der Waals surface area contributed by atoms with E-state index in [1.807, 2.05) is 26.8 Å². The summed E-state index contributed by atoms with van der Waals surface area (Å²) in [5, 5.41) is 5.72. The monoisotopic (exact) mass is 305 g/mol. The van der Waals surface area contributed by atoms with Crippen LogP contribution >= 0.6 is 0 Å². The van der Waals surface area contributed by atoms with Crippen LogP contribution in [0.1, 0.15) is 37.6 Å². The van der Waals surface area contributed by atoms with E-state index in [4.69, 9.17) is 5.73 Å². The molecule has 0 aliphatic heterocycles. The first-order chi connectivity index (χ1) is 10.5. The first kappa shape index (κ1) is 18.2. The van der Waals surface area contributed by atoms with Gasteiger partial charge in [-0.1, -0.05) is 45.4 Å². The van der Waals surface area contributed by atoms with Crippen molar-refractivity contribution in [1.82, 2.24) is 10.6 Å². The molecule has 0 radical (unpaired) electrons. The van der Waals surface area contributed by atoms with Gasteiger partial charge in [-0.25, -0.2) is 0 Å². The highest BCUT2D eigenvalue weighted by atomic mass is 16.2. The van der Waals surface area contributed by atoms with Crippen molar-refractivity contribution in [3.8, 4) is 0 Å². The summed E-state index contributed by atoms with van der Waals surface area (Å²) in [7, 11) is 0. The molecule has 5 heteroatoms. The lowest BCUT2D eigenvalue weighted by Gasteiger charge is -2.24. The minimum Gasteiger partial charge on any atom is -0.354 e. The molecule has 0 aliphatic rings. The Morgan fingerprint density at radius 2 is 1.82 bits per heavy atom. The molecule has 4 N–H and O–H groups in total. The standard InChI is InChI=1S/C17H27N3O2/c1-4-13(3)15(17(22)19-11-12(2)10-18)20-16(21)14-8-6-5-7-9-14/h5-9,12-13,15H,4,10-11,18H2,1-3H3,(H,19,22)(H,20,21). The molecule has 1 aromatic carbocycles. The van der Waals surface area contributed by atoms with Gasteiger partial charge in [0.25, 0.3) is 5.91 Å². The van der Waals surface area contributed by atoms with Gasteiger partial charge in [0.1, 0.15) is 6.04 Å². The van der Waals surface area contributed by atoms with Crippen LogP contribution in [0, 0.1) is 11.8 Å². The number of nitrogens with two attached hydrogens (primary N) is 1. The molecule has 0 bridgehead atoms. The average molecular weight is 305 g/mol. The fraction of sp³-hybridized carbons (Fsp3) is 0.529. The minimum absolute atomic E-state index is 0.0563. The third-order valence-corrected chi connectivity index (χ3v) is 3.85. The van der Waals surface area contributed by atoms with Gasteiger partial charge < -0.3 is 16.4 Å². The molecule has 5 nitrogen and oxygen atoms in total. The Bertz CT molecular complexity index is 476. The van der Waals surface area contributed by atoms with Crippen molar-refractivity contribution < 1.29 is 9.59 Å². The van der Waals surface area contributed by atoms with E-state index < -0.39 is 6.04 Å². The number of benzene rings is 1. The molecule has 0 aromatic heterocycles. The summed E-state index contributed by atoms with van der Waals surface area (Å²) in [5.74, 6) is -0.112. The van der Waals surface area contributed by atoms with Crippen LogP contribution in [0.3, 0.4) is 0 Å². The summed E-state index contributed by atoms with van der Waals surface area (Å²) in [6, 6.07) is 8.38. The highest BCUT2D eigenvalue weighted by Gasteiger charge is 2.26. The smallest absolute Gasteiger partial charge is 0.251 e. The molecule has 0 saturated heterocycles. The van der Waals surface area contributed by atoms with Gasteiger partial charge in [0.05, 0.1) is 0 Å². The van der Waals surface area contributed by atoms with Crippen molar-refractivity contribution in [3.63, 3.8) is 0 Å². The third kappa shape index (κ3) is 5.48. The van der Waals surface area contributed by atoms with Crippen LogP contribution in [0.2, 0.25) is 0 Å². The van der Waals surface area contributed by atoms with E-state index in [9.17, 15) is 9.59 Å². The number of carbonyl (C=O) groups excluding carboxylic acids is 2. The van der Waals surface area contributed by atoms with Gasteiger partial charge in [-0.15, -0.1) is 0 Å². The molecule has 1 rings (SSSR count). The van der Waals surface area contributed by atoms with Gasteiger partial charge in [-0.05, 0) is 30.5 Å². The lowest BCUT2D eigenvalue weighted by atomic mass is 9.97. The average Bonchev–Trinajstić information content (AvgIpc) is 2.56. The molecule has 0 saturated carbocycles. The topological polar surface area (TPSA) is 84.2 Å². The van der Waals surface area contributed by atoms with Crippen LogP contribution in [0.5, 0.6) is 0 Å². The fourth-order valence-electron chi connectivity index (χ4n) is 1.98.